The molecule has 0 unspecified atom stereocenters. The van der Waals surface area contributed by atoms with E-state index in [1.165, 1.54) is 19.3 Å². The van der Waals surface area contributed by atoms with Crippen LogP contribution in [0.2, 0.25) is 0 Å². The number of carbonyl (C=O) groups excluding carboxylic acids is 4. The summed E-state index contributed by atoms with van der Waals surface area (Å²) in [6.07, 6.45) is 3.39. The summed E-state index contributed by atoms with van der Waals surface area (Å²) in [4.78, 5) is 50.5. The van der Waals surface area contributed by atoms with Crippen LogP contribution >= 0.6 is 0 Å². The van der Waals surface area contributed by atoms with E-state index in [2.05, 4.69) is 5.32 Å². The lowest BCUT2D eigenvalue weighted by atomic mass is 10.1. The van der Waals surface area contributed by atoms with Crippen molar-refractivity contribution in [2.45, 2.75) is 32.6 Å². The van der Waals surface area contributed by atoms with Gasteiger partial charge in [-0.25, -0.2) is 0 Å². The molecule has 1 N–H and O–H groups in total. The normalized spacial score (nSPS) is 12.7. The molecule has 0 radical (unpaired) electrons. The lowest BCUT2D eigenvalue weighted by Gasteiger charge is -2.14. The highest BCUT2D eigenvalue weighted by Gasteiger charge is 2.34. The molecule has 9 nitrogen and oxygen atoms in total. The minimum absolute atomic E-state index is 0.0191. The van der Waals surface area contributed by atoms with Gasteiger partial charge in [-0.15, -0.1) is 0 Å². The van der Waals surface area contributed by atoms with Gasteiger partial charge in [-0.2, -0.15) is 5.26 Å². The summed E-state index contributed by atoms with van der Waals surface area (Å²) in [5.74, 6) is -1.33. The average Bonchev–Trinajstić information content (AvgIpc) is 3.13. The molecule has 0 atom stereocenters. The van der Waals surface area contributed by atoms with Crippen molar-refractivity contribution >= 4 is 29.8 Å². The lowest BCUT2D eigenvalue weighted by molar-refractivity contribution is -0.134. The van der Waals surface area contributed by atoms with Gasteiger partial charge in [0, 0.05) is 19.5 Å². The molecule has 0 fully saturated rings. The molecule has 3 rings (SSSR count). The standard InChI is InChI=1S/C27H27N3O6/c1-3-4-13-29-25(32)19(17-28)15-18-11-12-22(23(16-18)35-2)36-24(31)10-7-14-30-26(33)20-8-5-6-9-21(20)27(30)34/h5-6,8-9,11-12,15-16H,3-4,7,10,13-14H2,1-2H3,(H,29,32)/b19-15+. The van der Waals surface area contributed by atoms with E-state index in [-0.39, 0.29) is 48.3 Å². The van der Waals surface area contributed by atoms with Gasteiger partial charge in [-0.3, -0.25) is 24.1 Å². The minimum Gasteiger partial charge on any atom is -0.493 e. The Morgan fingerprint density at radius 2 is 1.75 bits per heavy atom. The zero-order valence-corrected chi connectivity index (χ0v) is 20.2. The van der Waals surface area contributed by atoms with Crippen molar-refractivity contribution < 1.29 is 28.7 Å². The number of hydrogen-bond donors (Lipinski definition) is 1. The maximum atomic E-state index is 12.4. The van der Waals surface area contributed by atoms with E-state index in [1.54, 1.807) is 36.4 Å². The van der Waals surface area contributed by atoms with Crippen LogP contribution in [0.15, 0.2) is 48.0 Å². The molecule has 0 saturated heterocycles. The maximum Gasteiger partial charge on any atom is 0.311 e. The highest BCUT2D eigenvalue weighted by molar-refractivity contribution is 6.21. The zero-order chi connectivity index (χ0) is 26.1. The zero-order valence-electron chi connectivity index (χ0n) is 20.2. The number of nitrogens with zero attached hydrogens (tertiary/aromatic N) is 2. The summed E-state index contributed by atoms with van der Waals surface area (Å²) in [5.41, 5.74) is 1.20. The molecular weight excluding hydrogens is 462 g/mol. The van der Waals surface area contributed by atoms with E-state index in [4.69, 9.17) is 9.47 Å². The van der Waals surface area contributed by atoms with Crippen molar-refractivity contribution in [1.29, 1.82) is 5.26 Å². The largest absolute Gasteiger partial charge is 0.493 e. The molecular formula is C27H27N3O6. The van der Waals surface area contributed by atoms with Crippen LogP contribution in [0, 0.1) is 11.3 Å². The third kappa shape index (κ3) is 6.16. The van der Waals surface area contributed by atoms with Crippen molar-refractivity contribution in [3.8, 4) is 17.6 Å². The summed E-state index contributed by atoms with van der Waals surface area (Å²) < 4.78 is 10.7. The molecule has 1 aliphatic rings. The molecule has 0 spiro atoms. The number of hydrogen-bond acceptors (Lipinski definition) is 7. The number of amides is 3. The van der Waals surface area contributed by atoms with Crippen LogP contribution in [-0.4, -0.2) is 48.8 Å². The van der Waals surface area contributed by atoms with Gasteiger partial charge in [0.15, 0.2) is 11.5 Å². The van der Waals surface area contributed by atoms with E-state index in [0.717, 1.165) is 17.7 Å². The van der Waals surface area contributed by atoms with Crippen LogP contribution in [0.3, 0.4) is 0 Å². The molecule has 2 aromatic carbocycles. The Hall–Kier alpha value is -4.45. The number of carbonyl (C=O) groups is 4. The first kappa shape index (κ1) is 26.2. The Kier molecular flexibility index (Phi) is 8.95. The fourth-order valence-electron chi connectivity index (χ4n) is 3.64. The second-order valence-corrected chi connectivity index (χ2v) is 8.07. The molecule has 9 heteroatoms. The third-order valence-electron chi connectivity index (χ3n) is 5.54. The first-order valence-corrected chi connectivity index (χ1v) is 11.6. The van der Waals surface area contributed by atoms with Gasteiger partial charge in [-0.05, 0) is 48.7 Å². The molecule has 0 saturated carbocycles. The summed E-state index contributed by atoms with van der Waals surface area (Å²) in [7, 11) is 1.41. The van der Waals surface area contributed by atoms with Crippen LogP contribution in [-0.2, 0) is 9.59 Å². The molecule has 1 heterocycles. The molecule has 36 heavy (non-hydrogen) atoms. The summed E-state index contributed by atoms with van der Waals surface area (Å²) >= 11 is 0. The van der Waals surface area contributed by atoms with E-state index in [0.29, 0.717) is 23.2 Å². The number of rotatable bonds is 11. The minimum atomic E-state index is -0.554. The highest BCUT2D eigenvalue weighted by Crippen LogP contribution is 2.29. The van der Waals surface area contributed by atoms with Gasteiger partial charge in [0.2, 0.25) is 0 Å². The van der Waals surface area contributed by atoms with Crippen molar-refractivity contribution in [1.82, 2.24) is 10.2 Å². The molecule has 186 valence electrons. The predicted molar refractivity (Wildman–Crippen MR) is 131 cm³/mol. The van der Waals surface area contributed by atoms with E-state index in [9.17, 15) is 24.4 Å². The monoisotopic (exact) mass is 489 g/mol. The van der Waals surface area contributed by atoms with Gasteiger partial charge < -0.3 is 14.8 Å². The number of unbranched alkanes of at least 4 members (excludes halogenated alkanes) is 1. The summed E-state index contributed by atoms with van der Waals surface area (Å²) in [5, 5.41) is 12.0. The summed E-state index contributed by atoms with van der Waals surface area (Å²) in [6, 6.07) is 13.2. The van der Waals surface area contributed by atoms with Crippen LogP contribution in [0.25, 0.3) is 6.08 Å². The number of nitriles is 1. The number of benzene rings is 2. The smallest absolute Gasteiger partial charge is 0.311 e. The fraction of sp³-hybridized carbons (Fsp3) is 0.296. The number of imide groups is 1. The van der Waals surface area contributed by atoms with Gasteiger partial charge in [0.1, 0.15) is 11.6 Å². The van der Waals surface area contributed by atoms with Crippen molar-refractivity contribution in [2.75, 3.05) is 20.2 Å². The quantitative estimate of drug-likeness (QED) is 0.128. The topological polar surface area (TPSA) is 126 Å². The fourth-order valence-corrected chi connectivity index (χ4v) is 3.64. The third-order valence-corrected chi connectivity index (χ3v) is 5.54. The van der Waals surface area contributed by atoms with Crippen molar-refractivity contribution in [3.05, 3.63) is 64.7 Å². The van der Waals surface area contributed by atoms with E-state index in [1.807, 2.05) is 13.0 Å². The van der Waals surface area contributed by atoms with Crippen LogP contribution in [0.1, 0.15) is 58.9 Å². The Balaban J connectivity index is 1.58. The molecule has 0 bridgehead atoms. The van der Waals surface area contributed by atoms with Crippen LogP contribution in [0.4, 0.5) is 0 Å². The molecule has 0 aliphatic carbocycles. The van der Waals surface area contributed by atoms with Crippen molar-refractivity contribution in [3.63, 3.8) is 0 Å². The predicted octanol–water partition coefficient (Wildman–Crippen LogP) is 3.50. The molecule has 2 aromatic rings. The number of methoxy groups -OCH3 is 1. The van der Waals surface area contributed by atoms with Gasteiger partial charge >= 0.3 is 5.97 Å². The Bertz CT molecular complexity index is 1210. The van der Waals surface area contributed by atoms with Crippen LogP contribution < -0.4 is 14.8 Å². The lowest BCUT2D eigenvalue weighted by Crippen LogP contribution is -2.31. The number of esters is 1. The Morgan fingerprint density at radius 1 is 1.06 bits per heavy atom. The first-order chi connectivity index (χ1) is 17.4. The second-order valence-electron chi connectivity index (χ2n) is 8.07. The number of ether oxygens (including phenoxy) is 2. The van der Waals surface area contributed by atoms with Gasteiger partial charge in [0.05, 0.1) is 18.2 Å². The van der Waals surface area contributed by atoms with Gasteiger partial charge in [0.25, 0.3) is 17.7 Å². The Labute approximate surface area is 209 Å². The number of nitrogens with one attached hydrogen (secondary N) is 1. The SMILES string of the molecule is CCCCNC(=O)/C(C#N)=C/c1ccc(OC(=O)CCCN2C(=O)c3ccccc3C2=O)c(OC)c1. The molecule has 1 aliphatic heterocycles. The molecule has 0 aromatic heterocycles. The summed E-state index contributed by atoms with van der Waals surface area (Å²) in [6.45, 7) is 2.58. The first-order valence-electron chi connectivity index (χ1n) is 11.6. The second kappa shape index (κ2) is 12.3. The van der Waals surface area contributed by atoms with E-state index >= 15 is 0 Å². The number of fused-ring (bicyclic) bond motifs is 1. The van der Waals surface area contributed by atoms with Crippen molar-refractivity contribution in [2.24, 2.45) is 0 Å². The molecule has 3 amide bonds. The average molecular weight is 490 g/mol. The maximum absolute atomic E-state index is 12.4. The van der Waals surface area contributed by atoms with Gasteiger partial charge in [-0.1, -0.05) is 31.5 Å². The van der Waals surface area contributed by atoms with E-state index < -0.39 is 11.9 Å². The Morgan fingerprint density at radius 3 is 2.36 bits per heavy atom. The van der Waals surface area contributed by atoms with Crippen LogP contribution in [0.5, 0.6) is 11.5 Å². The highest BCUT2D eigenvalue weighted by atomic mass is 16.6.